The van der Waals surface area contributed by atoms with E-state index in [9.17, 15) is 9.90 Å². The van der Waals surface area contributed by atoms with Crippen molar-refractivity contribution >= 4 is 5.78 Å². The Morgan fingerprint density at radius 3 is 2.76 bits per heavy atom. The van der Waals surface area contributed by atoms with E-state index >= 15 is 0 Å². The quantitative estimate of drug-likeness (QED) is 0.662. The maximum Gasteiger partial charge on any atom is 0.155 e. The van der Waals surface area contributed by atoms with E-state index in [-0.39, 0.29) is 22.5 Å². The van der Waals surface area contributed by atoms with E-state index in [0.717, 1.165) is 43.6 Å². The molecule has 0 spiro atoms. The van der Waals surface area contributed by atoms with E-state index < -0.39 is 5.60 Å². The van der Waals surface area contributed by atoms with Crippen molar-refractivity contribution in [2.75, 3.05) is 0 Å². The third-order valence-corrected chi connectivity index (χ3v) is 9.07. The first-order chi connectivity index (χ1) is 13.7. The molecule has 0 amide bonds. The van der Waals surface area contributed by atoms with Crippen LogP contribution in [0.1, 0.15) is 69.8 Å². The summed E-state index contributed by atoms with van der Waals surface area (Å²) in [6.07, 6.45) is 11.2. The molecule has 29 heavy (non-hydrogen) atoms. The maximum atomic E-state index is 12.3. The Morgan fingerprint density at radius 2 is 2.07 bits per heavy atom. The van der Waals surface area contributed by atoms with E-state index in [1.807, 2.05) is 19.1 Å². The lowest BCUT2D eigenvalue weighted by Crippen LogP contribution is -2.51. The molecule has 0 aromatic carbocycles. The normalized spacial score (nSPS) is 43.7. The summed E-state index contributed by atoms with van der Waals surface area (Å²) in [5.41, 5.74) is 1.70. The van der Waals surface area contributed by atoms with Gasteiger partial charge in [-0.25, -0.2) is 0 Å². The minimum Gasteiger partial charge on any atom is -0.466 e. The number of carbonyl (C=O) groups is 1. The number of hydrogen-bond acceptors (Lipinski definition) is 3. The fraction of sp³-hybridized carbons (Fsp3) is 0.577. The molecule has 1 aromatic heterocycles. The van der Waals surface area contributed by atoms with Crippen LogP contribution in [0, 0.1) is 29.6 Å². The van der Waals surface area contributed by atoms with Crippen LogP contribution in [0.25, 0.3) is 0 Å². The third-order valence-electron chi connectivity index (χ3n) is 9.07. The van der Waals surface area contributed by atoms with Gasteiger partial charge in [0.2, 0.25) is 0 Å². The van der Waals surface area contributed by atoms with Gasteiger partial charge in [-0.15, -0.1) is 6.58 Å². The average Bonchev–Trinajstić information content (AvgIpc) is 3.23. The zero-order valence-corrected chi connectivity index (χ0v) is 17.8. The number of furan rings is 1. The molecule has 2 fully saturated rings. The molecular weight excluding hydrogens is 360 g/mol. The van der Waals surface area contributed by atoms with Crippen LogP contribution in [0.3, 0.4) is 0 Å². The van der Waals surface area contributed by atoms with Gasteiger partial charge in [-0.3, -0.25) is 4.79 Å². The van der Waals surface area contributed by atoms with Crippen molar-refractivity contribution in [1.82, 2.24) is 0 Å². The van der Waals surface area contributed by atoms with Crippen LogP contribution < -0.4 is 0 Å². The number of ketones is 1. The summed E-state index contributed by atoms with van der Waals surface area (Å²) in [4.78, 5) is 12.3. The topological polar surface area (TPSA) is 50.4 Å². The minimum absolute atomic E-state index is 0.0348. The molecular formula is C26H32O3. The maximum absolute atomic E-state index is 12.3. The zero-order valence-electron chi connectivity index (χ0n) is 17.8. The molecule has 1 aromatic rings. The van der Waals surface area contributed by atoms with Crippen molar-refractivity contribution in [2.24, 2.45) is 22.7 Å². The van der Waals surface area contributed by atoms with Gasteiger partial charge in [-0.1, -0.05) is 37.1 Å². The van der Waals surface area contributed by atoms with E-state index in [4.69, 9.17) is 4.42 Å². The highest BCUT2D eigenvalue weighted by atomic mass is 16.3. The molecule has 0 radical (unpaired) electrons. The standard InChI is InChI=1S/C26H32O3/c1-5-26(28)13-10-21-23-19(22-7-6-16(2)29-22)15-17-14-18(27)8-11-24(17,3)20(23)9-12-25(21,26)4/h5-7,9,14,19,21,23,28H,1,8,10-13,15H2,2-4H3/t19?,21?,23?,24-,25-,26-/m0/s1. The highest BCUT2D eigenvalue weighted by Crippen LogP contribution is 2.68. The summed E-state index contributed by atoms with van der Waals surface area (Å²) < 4.78 is 6.15. The zero-order chi connectivity index (χ0) is 20.6. The molecule has 0 aliphatic heterocycles. The van der Waals surface area contributed by atoms with Gasteiger partial charge < -0.3 is 9.52 Å². The number of aliphatic hydroxyl groups is 1. The molecule has 4 aliphatic carbocycles. The summed E-state index contributed by atoms with van der Waals surface area (Å²) in [5, 5.41) is 11.4. The first-order valence-corrected chi connectivity index (χ1v) is 11.1. The molecule has 2 saturated carbocycles. The number of hydrogen-bond donors (Lipinski definition) is 1. The van der Waals surface area contributed by atoms with Crippen LogP contribution in [0.15, 0.2) is 52.5 Å². The fourth-order valence-corrected chi connectivity index (χ4v) is 7.17. The Kier molecular flexibility index (Phi) is 4.00. The summed E-state index contributed by atoms with van der Waals surface area (Å²) in [5.74, 6) is 3.16. The summed E-state index contributed by atoms with van der Waals surface area (Å²) in [7, 11) is 0. The molecule has 4 aliphatic rings. The highest BCUT2D eigenvalue weighted by molar-refractivity contribution is 5.92. The molecule has 1 N–H and O–H groups in total. The Balaban J connectivity index is 1.69. The average molecular weight is 393 g/mol. The summed E-state index contributed by atoms with van der Waals surface area (Å²) in [6, 6.07) is 4.16. The van der Waals surface area contributed by atoms with E-state index in [0.29, 0.717) is 18.3 Å². The number of carbonyl (C=O) groups excluding carboxylic acids is 1. The second-order valence-corrected chi connectivity index (χ2v) is 10.3. The molecule has 3 unspecified atom stereocenters. The minimum atomic E-state index is -0.817. The second-order valence-electron chi connectivity index (χ2n) is 10.3. The van der Waals surface area contributed by atoms with Gasteiger partial charge in [-0.05, 0) is 69.1 Å². The van der Waals surface area contributed by atoms with Gasteiger partial charge in [0.05, 0.1) is 5.60 Å². The molecule has 5 rings (SSSR count). The predicted octanol–water partition coefficient (Wildman–Crippen LogP) is 5.65. The molecule has 154 valence electrons. The van der Waals surface area contributed by atoms with Crippen LogP contribution in [0.2, 0.25) is 0 Å². The molecule has 1 heterocycles. The molecule has 3 nitrogen and oxygen atoms in total. The number of allylic oxidation sites excluding steroid dienone is 4. The van der Waals surface area contributed by atoms with Crippen molar-refractivity contribution in [1.29, 1.82) is 0 Å². The number of rotatable bonds is 2. The van der Waals surface area contributed by atoms with E-state index in [1.165, 1.54) is 11.1 Å². The molecule has 6 atom stereocenters. The van der Waals surface area contributed by atoms with E-state index in [2.05, 4.69) is 32.6 Å². The molecule has 3 heteroatoms. The predicted molar refractivity (Wildman–Crippen MR) is 113 cm³/mol. The first-order valence-electron chi connectivity index (χ1n) is 11.1. The largest absolute Gasteiger partial charge is 0.466 e. The fourth-order valence-electron chi connectivity index (χ4n) is 7.17. The monoisotopic (exact) mass is 392 g/mol. The Hall–Kier alpha value is -1.87. The summed E-state index contributed by atoms with van der Waals surface area (Å²) >= 11 is 0. The number of fused-ring (bicyclic) bond motifs is 5. The third kappa shape index (κ3) is 2.43. The van der Waals surface area contributed by atoms with Crippen LogP contribution in [-0.4, -0.2) is 16.5 Å². The van der Waals surface area contributed by atoms with Crippen molar-refractivity contribution in [2.45, 2.75) is 70.8 Å². The van der Waals surface area contributed by atoms with Gasteiger partial charge in [0.15, 0.2) is 5.78 Å². The Labute approximate surface area is 173 Å². The van der Waals surface area contributed by atoms with Gasteiger partial charge in [-0.2, -0.15) is 0 Å². The van der Waals surface area contributed by atoms with Crippen molar-refractivity contribution in [3.05, 3.63) is 59.6 Å². The second kappa shape index (κ2) is 6.07. The van der Waals surface area contributed by atoms with Crippen LogP contribution in [0.5, 0.6) is 0 Å². The van der Waals surface area contributed by atoms with Gasteiger partial charge in [0.1, 0.15) is 11.5 Å². The van der Waals surface area contributed by atoms with Gasteiger partial charge in [0.25, 0.3) is 0 Å². The van der Waals surface area contributed by atoms with Crippen LogP contribution in [0.4, 0.5) is 0 Å². The van der Waals surface area contributed by atoms with Crippen molar-refractivity contribution < 1.29 is 14.3 Å². The van der Waals surface area contributed by atoms with Gasteiger partial charge >= 0.3 is 0 Å². The summed E-state index contributed by atoms with van der Waals surface area (Å²) in [6.45, 7) is 10.6. The Bertz CT molecular complexity index is 949. The van der Waals surface area contributed by atoms with Crippen LogP contribution in [-0.2, 0) is 4.79 Å². The Morgan fingerprint density at radius 1 is 1.28 bits per heavy atom. The smallest absolute Gasteiger partial charge is 0.155 e. The lowest BCUT2D eigenvalue weighted by atomic mass is 9.48. The molecule has 0 bridgehead atoms. The number of aryl methyl sites for hydroxylation is 1. The molecule has 0 saturated heterocycles. The highest BCUT2D eigenvalue weighted by Gasteiger charge is 2.62. The SMILES string of the molecule is C=C[C@]1(O)CCC2C3C(=CC[C@@]21C)[C@@]1(C)CCC(=O)C=C1CC3c1ccc(C)o1. The lowest BCUT2D eigenvalue weighted by molar-refractivity contribution is -0.115. The lowest BCUT2D eigenvalue weighted by Gasteiger charge is -2.56. The van der Waals surface area contributed by atoms with E-state index in [1.54, 1.807) is 6.08 Å². The van der Waals surface area contributed by atoms with Crippen molar-refractivity contribution in [3.63, 3.8) is 0 Å². The first kappa shape index (κ1) is 19.1. The van der Waals surface area contributed by atoms with Crippen LogP contribution >= 0.6 is 0 Å². The van der Waals surface area contributed by atoms with Gasteiger partial charge in [0, 0.05) is 23.2 Å². The van der Waals surface area contributed by atoms with Crippen molar-refractivity contribution in [3.8, 4) is 0 Å².